The van der Waals surface area contributed by atoms with Crippen LogP contribution in [0.25, 0.3) is 10.2 Å². The van der Waals surface area contributed by atoms with Crippen LogP contribution in [0.1, 0.15) is 21.5 Å². The summed E-state index contributed by atoms with van der Waals surface area (Å²) in [5, 5.41) is 3.52. The third kappa shape index (κ3) is 3.89. The second-order valence-electron chi connectivity index (χ2n) is 6.42. The number of benzene rings is 3. The number of carbonyl (C=O) groups is 1. The molecule has 3 aromatic carbocycles. The van der Waals surface area contributed by atoms with Gasteiger partial charge in [-0.15, -0.1) is 0 Å². The van der Waals surface area contributed by atoms with Crippen molar-refractivity contribution in [1.29, 1.82) is 0 Å². The van der Waals surface area contributed by atoms with Gasteiger partial charge < -0.3 is 4.74 Å². The van der Waals surface area contributed by atoms with E-state index in [4.69, 9.17) is 4.74 Å². The van der Waals surface area contributed by atoms with E-state index in [0.29, 0.717) is 16.4 Å². The molecule has 1 amide bonds. The van der Waals surface area contributed by atoms with Gasteiger partial charge in [-0.2, -0.15) is 0 Å². The number of aromatic nitrogens is 1. The average Bonchev–Trinajstić information content (AvgIpc) is 3.15. The minimum absolute atomic E-state index is 0.137. The average molecular weight is 388 g/mol. The first-order chi connectivity index (χ1) is 13.7. The van der Waals surface area contributed by atoms with Gasteiger partial charge in [0.1, 0.15) is 11.3 Å². The number of nitrogens with zero attached hydrogens (tertiary/aromatic N) is 1. The number of ether oxygens (including phenoxy) is 1. The van der Waals surface area contributed by atoms with Crippen molar-refractivity contribution in [2.75, 3.05) is 12.4 Å². The summed E-state index contributed by atoms with van der Waals surface area (Å²) in [6.45, 7) is 0. The molecule has 0 saturated heterocycles. The van der Waals surface area contributed by atoms with E-state index in [-0.39, 0.29) is 5.91 Å². The molecule has 0 bridgehead atoms. The van der Waals surface area contributed by atoms with E-state index in [1.165, 1.54) is 16.9 Å². The zero-order valence-corrected chi connectivity index (χ0v) is 16.3. The number of nitrogens with one attached hydrogen (secondary N) is 1. The van der Waals surface area contributed by atoms with Crippen LogP contribution < -0.4 is 10.1 Å². The van der Waals surface area contributed by atoms with Crippen LogP contribution in [0.5, 0.6) is 5.75 Å². The largest absolute Gasteiger partial charge is 0.494 e. The number of carbonyl (C=O) groups excluding carboxylic acids is 1. The molecule has 0 saturated carbocycles. The highest BCUT2D eigenvalue weighted by Gasteiger charge is 2.15. The summed E-state index contributed by atoms with van der Waals surface area (Å²) in [6, 6.07) is 23.8. The van der Waals surface area contributed by atoms with Gasteiger partial charge in [-0.1, -0.05) is 65.9 Å². The molecular weight excluding hydrogens is 368 g/mol. The van der Waals surface area contributed by atoms with Gasteiger partial charge in [-0.25, -0.2) is 4.98 Å². The number of hydrogen-bond acceptors (Lipinski definition) is 4. The Labute approximate surface area is 167 Å². The highest BCUT2D eigenvalue weighted by Crippen LogP contribution is 2.32. The fourth-order valence-electron chi connectivity index (χ4n) is 3.19. The summed E-state index contributed by atoms with van der Waals surface area (Å²) in [5.74, 6) is 0.569. The van der Waals surface area contributed by atoms with Crippen molar-refractivity contribution < 1.29 is 9.53 Å². The Hall–Kier alpha value is -3.18. The van der Waals surface area contributed by atoms with Gasteiger partial charge in [0.15, 0.2) is 5.13 Å². The van der Waals surface area contributed by atoms with Gasteiger partial charge >= 0.3 is 0 Å². The van der Waals surface area contributed by atoms with Crippen molar-refractivity contribution in [2.45, 2.75) is 12.8 Å². The Morgan fingerprint density at radius 2 is 1.75 bits per heavy atom. The third-order valence-corrected chi connectivity index (χ3v) is 5.55. The monoisotopic (exact) mass is 388 g/mol. The van der Waals surface area contributed by atoms with Crippen molar-refractivity contribution in [2.24, 2.45) is 0 Å². The maximum Gasteiger partial charge on any atom is 0.257 e. The first kappa shape index (κ1) is 18.2. The zero-order valence-electron chi connectivity index (χ0n) is 15.5. The maximum absolute atomic E-state index is 12.9. The summed E-state index contributed by atoms with van der Waals surface area (Å²) in [4.78, 5) is 17.4. The first-order valence-electron chi connectivity index (χ1n) is 9.11. The third-order valence-electron chi connectivity index (χ3n) is 4.61. The lowest BCUT2D eigenvalue weighted by Crippen LogP contribution is -2.14. The lowest BCUT2D eigenvalue weighted by Gasteiger charge is -2.09. The number of anilines is 1. The van der Waals surface area contributed by atoms with Crippen LogP contribution in [0.3, 0.4) is 0 Å². The van der Waals surface area contributed by atoms with Gasteiger partial charge in [-0.05, 0) is 42.2 Å². The molecule has 4 rings (SSSR count). The van der Waals surface area contributed by atoms with Crippen LogP contribution in [-0.4, -0.2) is 18.0 Å². The topological polar surface area (TPSA) is 51.2 Å². The van der Waals surface area contributed by atoms with Crippen molar-refractivity contribution in [3.63, 3.8) is 0 Å². The molecule has 1 aromatic heterocycles. The summed E-state index contributed by atoms with van der Waals surface area (Å²) >= 11 is 1.44. The second-order valence-corrected chi connectivity index (χ2v) is 7.45. The van der Waals surface area contributed by atoms with Gasteiger partial charge in [0.05, 0.1) is 11.8 Å². The van der Waals surface area contributed by atoms with Crippen molar-refractivity contribution in [3.8, 4) is 5.75 Å². The molecule has 1 heterocycles. The molecule has 4 nitrogen and oxygen atoms in total. The van der Waals surface area contributed by atoms with Gasteiger partial charge in [0.25, 0.3) is 5.91 Å². The highest BCUT2D eigenvalue weighted by molar-refractivity contribution is 7.22. The van der Waals surface area contributed by atoms with Crippen LogP contribution in [0.2, 0.25) is 0 Å². The molecule has 0 unspecified atom stereocenters. The van der Waals surface area contributed by atoms with Gasteiger partial charge in [-0.3, -0.25) is 10.1 Å². The predicted octanol–water partition coefficient (Wildman–Crippen LogP) is 5.34. The molecule has 140 valence electrons. The van der Waals surface area contributed by atoms with Crippen LogP contribution in [0, 0.1) is 0 Å². The molecule has 0 aliphatic carbocycles. The number of rotatable bonds is 6. The molecule has 0 fully saturated rings. The molecule has 0 aliphatic rings. The number of amides is 1. The van der Waals surface area contributed by atoms with E-state index in [2.05, 4.69) is 22.4 Å². The number of fused-ring (bicyclic) bond motifs is 1. The Bertz CT molecular complexity index is 1110. The zero-order chi connectivity index (χ0) is 19.3. The maximum atomic E-state index is 12.9. The Kier molecular flexibility index (Phi) is 5.35. The summed E-state index contributed by atoms with van der Waals surface area (Å²) < 4.78 is 6.33. The smallest absolute Gasteiger partial charge is 0.257 e. The first-order valence-corrected chi connectivity index (χ1v) is 9.93. The molecule has 4 aromatic rings. The Morgan fingerprint density at radius 1 is 0.964 bits per heavy atom. The molecule has 5 heteroatoms. The quantitative estimate of drug-likeness (QED) is 0.485. The van der Waals surface area contributed by atoms with E-state index >= 15 is 0 Å². The van der Waals surface area contributed by atoms with Gasteiger partial charge in [0, 0.05) is 5.56 Å². The number of methoxy groups -OCH3 is 1. The van der Waals surface area contributed by atoms with Crippen LogP contribution in [0.15, 0.2) is 72.8 Å². The Morgan fingerprint density at radius 3 is 2.57 bits per heavy atom. The van der Waals surface area contributed by atoms with E-state index in [1.807, 2.05) is 60.7 Å². The van der Waals surface area contributed by atoms with Crippen molar-refractivity contribution in [3.05, 3.63) is 89.5 Å². The molecule has 0 radical (unpaired) electrons. The van der Waals surface area contributed by atoms with E-state index in [9.17, 15) is 4.79 Å². The fraction of sp³-hybridized carbons (Fsp3) is 0.130. The summed E-state index contributed by atoms with van der Waals surface area (Å²) in [5.41, 5.74) is 3.74. The Balaban J connectivity index is 1.54. The minimum atomic E-state index is -0.137. The minimum Gasteiger partial charge on any atom is -0.494 e. The van der Waals surface area contributed by atoms with E-state index in [0.717, 1.165) is 28.6 Å². The molecule has 0 aliphatic heterocycles. The number of aryl methyl sites for hydroxylation is 2. The molecular formula is C23H20N2O2S. The predicted molar refractivity (Wildman–Crippen MR) is 114 cm³/mol. The fourth-order valence-corrected chi connectivity index (χ4v) is 4.07. The summed E-state index contributed by atoms with van der Waals surface area (Å²) in [7, 11) is 1.62. The lowest BCUT2D eigenvalue weighted by atomic mass is 9.99. The molecule has 28 heavy (non-hydrogen) atoms. The van der Waals surface area contributed by atoms with E-state index in [1.54, 1.807) is 7.11 Å². The highest BCUT2D eigenvalue weighted by atomic mass is 32.1. The number of thiazole rings is 1. The van der Waals surface area contributed by atoms with Crippen molar-refractivity contribution >= 4 is 32.6 Å². The van der Waals surface area contributed by atoms with Gasteiger partial charge in [0.2, 0.25) is 0 Å². The lowest BCUT2D eigenvalue weighted by molar-refractivity contribution is 0.102. The van der Waals surface area contributed by atoms with Crippen LogP contribution in [0.4, 0.5) is 5.13 Å². The standard InChI is InChI=1S/C23H20N2O2S/c1-27-19-12-7-13-20-21(19)24-23(28-20)25-22(26)18-11-6-5-10-17(18)15-14-16-8-3-2-4-9-16/h2-13H,14-15H2,1H3,(H,24,25,26). The normalized spacial score (nSPS) is 10.8. The van der Waals surface area contributed by atoms with Crippen LogP contribution in [-0.2, 0) is 12.8 Å². The number of hydrogen-bond donors (Lipinski definition) is 1. The summed E-state index contributed by atoms with van der Waals surface area (Å²) in [6.07, 6.45) is 1.70. The molecule has 0 spiro atoms. The number of para-hydroxylation sites is 1. The van der Waals surface area contributed by atoms with E-state index < -0.39 is 0 Å². The molecule has 1 N–H and O–H groups in total. The van der Waals surface area contributed by atoms with Crippen LogP contribution >= 0.6 is 11.3 Å². The second kappa shape index (κ2) is 8.23. The molecule has 0 atom stereocenters. The van der Waals surface area contributed by atoms with Crippen molar-refractivity contribution in [1.82, 2.24) is 4.98 Å². The SMILES string of the molecule is COc1cccc2sc(NC(=O)c3ccccc3CCc3ccccc3)nc12.